The molecule has 1 amide bonds. The smallest absolute Gasteiger partial charge is 0.410 e. The summed E-state index contributed by atoms with van der Waals surface area (Å²) in [5, 5.41) is 0. The number of rotatable bonds is 9. The monoisotopic (exact) mass is 474 g/mol. The first-order valence-corrected chi connectivity index (χ1v) is 11.3. The largest absolute Gasteiger partial charge is 0.444 e. The number of nitrogens with zero attached hydrogens (tertiary/aromatic N) is 2. The molecule has 0 radical (unpaired) electrons. The van der Waals surface area contributed by atoms with E-state index in [4.69, 9.17) is 9.47 Å². The van der Waals surface area contributed by atoms with E-state index in [9.17, 15) is 18.4 Å². The summed E-state index contributed by atoms with van der Waals surface area (Å²) in [7, 11) is 0. The SMILES string of the molecule is CCCN(CCC(C)C(=O)Oc1ccc(C=Nc2ccc(F)cc2)c(F)c1)C(=O)OC(C)(C)C. The number of hydrogen-bond acceptors (Lipinski definition) is 5. The first-order valence-electron chi connectivity index (χ1n) is 11.3. The van der Waals surface area contributed by atoms with E-state index in [-0.39, 0.29) is 17.1 Å². The lowest BCUT2D eigenvalue weighted by Crippen LogP contribution is -2.38. The highest BCUT2D eigenvalue weighted by molar-refractivity contribution is 5.83. The Morgan fingerprint density at radius 3 is 2.35 bits per heavy atom. The molecule has 6 nitrogen and oxygen atoms in total. The molecule has 8 heteroatoms. The summed E-state index contributed by atoms with van der Waals surface area (Å²) in [5.41, 5.74) is 0.0755. The lowest BCUT2D eigenvalue weighted by atomic mass is 10.1. The van der Waals surface area contributed by atoms with Crippen LogP contribution < -0.4 is 4.74 Å². The number of carbonyl (C=O) groups excluding carboxylic acids is 2. The van der Waals surface area contributed by atoms with Crippen LogP contribution in [0, 0.1) is 17.6 Å². The Bertz CT molecular complexity index is 1000. The molecular weight excluding hydrogens is 442 g/mol. The molecule has 0 aliphatic heterocycles. The molecule has 0 N–H and O–H groups in total. The van der Waals surface area contributed by atoms with Gasteiger partial charge in [-0.1, -0.05) is 13.8 Å². The predicted molar refractivity (Wildman–Crippen MR) is 128 cm³/mol. The molecule has 0 saturated heterocycles. The maximum Gasteiger partial charge on any atom is 0.410 e. The van der Waals surface area contributed by atoms with Crippen LogP contribution in [0.4, 0.5) is 19.3 Å². The Morgan fingerprint density at radius 1 is 1.09 bits per heavy atom. The van der Waals surface area contributed by atoms with E-state index in [0.717, 1.165) is 12.5 Å². The van der Waals surface area contributed by atoms with Gasteiger partial charge in [0.1, 0.15) is 23.0 Å². The van der Waals surface area contributed by atoms with Gasteiger partial charge in [-0.25, -0.2) is 13.6 Å². The number of benzene rings is 2. The fourth-order valence-corrected chi connectivity index (χ4v) is 2.92. The number of halogens is 2. The summed E-state index contributed by atoms with van der Waals surface area (Å²) in [6.07, 6.45) is 2.03. The van der Waals surface area contributed by atoms with Crippen LogP contribution in [0.5, 0.6) is 5.75 Å². The summed E-state index contributed by atoms with van der Waals surface area (Å²) in [6.45, 7) is 9.91. The molecule has 1 unspecified atom stereocenters. The molecular formula is C26H32F2N2O4. The molecule has 0 heterocycles. The molecule has 0 fully saturated rings. The van der Waals surface area contributed by atoms with Crippen molar-refractivity contribution in [1.29, 1.82) is 0 Å². The van der Waals surface area contributed by atoms with Crippen LogP contribution in [-0.2, 0) is 9.53 Å². The summed E-state index contributed by atoms with van der Waals surface area (Å²) in [6, 6.07) is 9.52. The highest BCUT2D eigenvalue weighted by Crippen LogP contribution is 2.20. The highest BCUT2D eigenvalue weighted by Gasteiger charge is 2.24. The Balaban J connectivity index is 1.94. The van der Waals surface area contributed by atoms with Crippen LogP contribution in [0.25, 0.3) is 0 Å². The molecule has 1 atom stereocenters. The summed E-state index contributed by atoms with van der Waals surface area (Å²) < 4.78 is 38.1. The van der Waals surface area contributed by atoms with E-state index < -0.39 is 29.4 Å². The molecule has 0 bridgehead atoms. The first kappa shape index (κ1) is 27.0. The lowest BCUT2D eigenvalue weighted by molar-refractivity contribution is -0.138. The second-order valence-corrected chi connectivity index (χ2v) is 9.00. The zero-order chi connectivity index (χ0) is 25.3. The molecule has 0 aliphatic rings. The Hall–Kier alpha value is -3.29. The molecule has 0 spiro atoms. The van der Waals surface area contributed by atoms with Crippen LogP contribution in [0.3, 0.4) is 0 Å². The van der Waals surface area contributed by atoms with Crippen LogP contribution >= 0.6 is 0 Å². The third-order valence-corrected chi connectivity index (χ3v) is 4.75. The minimum absolute atomic E-state index is 0.0749. The van der Waals surface area contributed by atoms with Crippen molar-refractivity contribution in [3.05, 3.63) is 59.7 Å². The highest BCUT2D eigenvalue weighted by atomic mass is 19.1. The van der Waals surface area contributed by atoms with Gasteiger partial charge in [0.15, 0.2) is 0 Å². The normalized spacial score (nSPS) is 12.4. The van der Waals surface area contributed by atoms with Crippen molar-refractivity contribution in [3.8, 4) is 5.75 Å². The molecule has 0 aromatic heterocycles. The van der Waals surface area contributed by atoms with Gasteiger partial charge in [0, 0.05) is 30.9 Å². The maximum absolute atomic E-state index is 14.4. The second-order valence-electron chi connectivity index (χ2n) is 9.00. The van der Waals surface area contributed by atoms with Crippen LogP contribution in [0.1, 0.15) is 53.0 Å². The van der Waals surface area contributed by atoms with Gasteiger partial charge >= 0.3 is 12.1 Å². The fourth-order valence-electron chi connectivity index (χ4n) is 2.92. The van der Waals surface area contributed by atoms with Crippen molar-refractivity contribution in [3.63, 3.8) is 0 Å². The standard InChI is InChI=1S/C26H32F2N2O4/c1-6-14-30(25(32)34-26(3,4)5)15-13-18(2)24(31)33-22-12-7-19(23(28)16-22)17-29-21-10-8-20(27)9-11-21/h7-12,16-18H,6,13-15H2,1-5H3. The van der Waals surface area contributed by atoms with Gasteiger partial charge < -0.3 is 14.4 Å². The van der Waals surface area contributed by atoms with E-state index in [1.807, 2.05) is 6.92 Å². The topological polar surface area (TPSA) is 68.2 Å². The average molecular weight is 475 g/mol. The van der Waals surface area contributed by atoms with Crippen LogP contribution in [0.2, 0.25) is 0 Å². The van der Waals surface area contributed by atoms with Crippen molar-refractivity contribution >= 4 is 24.0 Å². The van der Waals surface area contributed by atoms with Gasteiger partial charge in [0.05, 0.1) is 11.6 Å². The molecule has 0 aliphatic carbocycles. The lowest BCUT2D eigenvalue weighted by Gasteiger charge is -2.27. The fraction of sp³-hybridized carbons (Fsp3) is 0.423. The number of esters is 1. The van der Waals surface area contributed by atoms with E-state index >= 15 is 0 Å². The summed E-state index contributed by atoms with van der Waals surface area (Å²) in [4.78, 5) is 30.5. The molecule has 2 aromatic carbocycles. The number of amides is 1. The zero-order valence-corrected chi connectivity index (χ0v) is 20.3. The number of carbonyl (C=O) groups is 2. The maximum atomic E-state index is 14.4. The molecule has 34 heavy (non-hydrogen) atoms. The summed E-state index contributed by atoms with van der Waals surface area (Å²) >= 11 is 0. The second kappa shape index (κ2) is 12.3. The van der Waals surface area contributed by atoms with Crippen molar-refractivity contribution in [2.45, 2.75) is 53.1 Å². The van der Waals surface area contributed by atoms with Gasteiger partial charge in [-0.2, -0.15) is 0 Å². The van der Waals surface area contributed by atoms with Crippen LogP contribution in [0.15, 0.2) is 47.5 Å². The first-order chi connectivity index (χ1) is 16.0. The number of hydrogen-bond donors (Lipinski definition) is 0. The average Bonchev–Trinajstić information content (AvgIpc) is 2.75. The van der Waals surface area contributed by atoms with Crippen molar-refractivity contribution < 1.29 is 27.8 Å². The van der Waals surface area contributed by atoms with E-state index in [0.29, 0.717) is 25.2 Å². The third kappa shape index (κ3) is 8.92. The Labute approximate surface area is 199 Å². The van der Waals surface area contributed by atoms with Gasteiger partial charge in [0.2, 0.25) is 0 Å². The molecule has 184 valence electrons. The van der Waals surface area contributed by atoms with Crippen molar-refractivity contribution in [1.82, 2.24) is 4.90 Å². The molecule has 2 aromatic rings. The van der Waals surface area contributed by atoms with Gasteiger partial charge in [-0.15, -0.1) is 0 Å². The number of ether oxygens (including phenoxy) is 2. The van der Waals surface area contributed by atoms with Crippen molar-refractivity contribution in [2.24, 2.45) is 10.9 Å². The van der Waals surface area contributed by atoms with Crippen molar-refractivity contribution in [2.75, 3.05) is 13.1 Å². The van der Waals surface area contributed by atoms with Gasteiger partial charge in [0.25, 0.3) is 0 Å². The van der Waals surface area contributed by atoms with E-state index in [2.05, 4.69) is 4.99 Å². The Morgan fingerprint density at radius 2 is 1.76 bits per heavy atom. The predicted octanol–water partition coefficient (Wildman–Crippen LogP) is 6.29. The molecule has 2 rings (SSSR count). The summed E-state index contributed by atoms with van der Waals surface area (Å²) in [5.74, 6) is -1.94. The Kier molecular flexibility index (Phi) is 9.71. The van der Waals surface area contributed by atoms with Gasteiger partial charge in [-0.05, 0) is 70.0 Å². The van der Waals surface area contributed by atoms with E-state index in [1.54, 1.807) is 32.6 Å². The molecule has 0 saturated carbocycles. The van der Waals surface area contributed by atoms with Crippen LogP contribution in [-0.4, -0.2) is 41.9 Å². The third-order valence-electron chi connectivity index (χ3n) is 4.75. The van der Waals surface area contributed by atoms with E-state index in [1.165, 1.54) is 42.6 Å². The minimum atomic E-state index is -0.608. The van der Waals surface area contributed by atoms with Gasteiger partial charge in [-0.3, -0.25) is 9.79 Å². The zero-order valence-electron chi connectivity index (χ0n) is 20.3. The number of aliphatic imine (C=N–C) groups is 1. The minimum Gasteiger partial charge on any atom is -0.444 e. The quantitative estimate of drug-likeness (QED) is 0.243.